The molecule has 1 unspecified atom stereocenters. The molecule has 0 spiro atoms. The van der Waals surface area contributed by atoms with E-state index in [1.54, 1.807) is 11.8 Å². The molecule has 7 heteroatoms. The first-order valence-corrected chi connectivity index (χ1v) is 13.0. The zero-order chi connectivity index (χ0) is 25.3. The second kappa shape index (κ2) is 12.9. The predicted molar refractivity (Wildman–Crippen MR) is 141 cm³/mol. The molecule has 2 aromatic carbocycles. The molecule has 3 aromatic rings. The summed E-state index contributed by atoms with van der Waals surface area (Å²) in [5.41, 5.74) is 2.94. The largest absolute Gasteiger partial charge is 0.497 e. The number of nitrogens with zero attached hydrogens (tertiary/aromatic N) is 3. The Labute approximate surface area is 214 Å². The number of benzene rings is 2. The van der Waals surface area contributed by atoms with Crippen LogP contribution in [0.5, 0.6) is 17.4 Å². The lowest BCUT2D eigenvalue weighted by molar-refractivity contribution is 0.0135. The number of methoxy groups -OCH3 is 1. The number of ether oxygens (including phenoxy) is 3. The van der Waals surface area contributed by atoms with E-state index in [0.717, 1.165) is 42.0 Å². The van der Waals surface area contributed by atoms with Crippen LogP contribution in [0, 0.1) is 5.92 Å². The lowest BCUT2D eigenvalue weighted by Crippen LogP contribution is -2.36. The van der Waals surface area contributed by atoms with Gasteiger partial charge in [0.1, 0.15) is 17.2 Å². The summed E-state index contributed by atoms with van der Waals surface area (Å²) < 4.78 is 19.3. The molecule has 0 saturated heterocycles. The summed E-state index contributed by atoms with van der Waals surface area (Å²) in [5.74, 6) is 2.80. The van der Waals surface area contributed by atoms with E-state index in [2.05, 4.69) is 24.0 Å². The van der Waals surface area contributed by atoms with Crippen molar-refractivity contribution in [2.75, 3.05) is 33.4 Å². The highest BCUT2D eigenvalue weighted by molar-refractivity contribution is 5.65. The molecule has 194 valence electrons. The summed E-state index contributed by atoms with van der Waals surface area (Å²) in [6, 6.07) is 17.8. The van der Waals surface area contributed by atoms with Crippen molar-refractivity contribution >= 4 is 0 Å². The molecule has 4 rings (SSSR count). The van der Waals surface area contributed by atoms with E-state index >= 15 is 0 Å². The van der Waals surface area contributed by atoms with Crippen LogP contribution in [-0.4, -0.2) is 59.3 Å². The Morgan fingerprint density at radius 3 is 2.61 bits per heavy atom. The average Bonchev–Trinajstić information content (AvgIpc) is 3.66. The van der Waals surface area contributed by atoms with Gasteiger partial charge in [0, 0.05) is 44.9 Å². The molecule has 0 radical (unpaired) electrons. The number of unbranched alkanes of at least 4 members (excludes halogenated alkanes) is 1. The minimum atomic E-state index is -0.541. The van der Waals surface area contributed by atoms with Crippen LogP contribution in [0.1, 0.15) is 38.2 Å². The van der Waals surface area contributed by atoms with Crippen molar-refractivity contribution in [2.45, 2.75) is 45.3 Å². The number of rotatable bonds is 15. The van der Waals surface area contributed by atoms with Crippen LogP contribution in [0.3, 0.4) is 0 Å². The highest BCUT2D eigenvalue weighted by atomic mass is 16.5. The summed E-state index contributed by atoms with van der Waals surface area (Å²) in [6.07, 6.45) is 4.04. The molecule has 36 heavy (non-hydrogen) atoms. The lowest BCUT2D eigenvalue weighted by Gasteiger charge is -2.25. The van der Waals surface area contributed by atoms with Crippen molar-refractivity contribution in [1.29, 1.82) is 0 Å². The molecule has 7 nitrogen and oxygen atoms in total. The third kappa shape index (κ3) is 7.32. The van der Waals surface area contributed by atoms with Crippen LogP contribution < -0.4 is 9.47 Å². The van der Waals surface area contributed by atoms with E-state index in [4.69, 9.17) is 19.3 Å². The quantitative estimate of drug-likeness (QED) is 0.291. The van der Waals surface area contributed by atoms with Crippen LogP contribution in [0.4, 0.5) is 0 Å². The summed E-state index contributed by atoms with van der Waals surface area (Å²) >= 11 is 0. The second-order valence-electron chi connectivity index (χ2n) is 9.62. The van der Waals surface area contributed by atoms with Crippen LogP contribution >= 0.6 is 0 Å². The molecule has 1 aliphatic rings. The van der Waals surface area contributed by atoms with Crippen molar-refractivity contribution < 1.29 is 19.3 Å². The SMILES string of the molecule is CCCCOCC(O)CN(Cc1c(-c2ccccc2)nn(C)c1Oc1cccc(OC)c1)CC1CC1. The van der Waals surface area contributed by atoms with Crippen LogP contribution in [-0.2, 0) is 18.3 Å². The Morgan fingerprint density at radius 1 is 1.11 bits per heavy atom. The number of aliphatic hydroxyl groups excluding tert-OH is 1. The fourth-order valence-corrected chi connectivity index (χ4v) is 4.34. The molecule has 1 atom stereocenters. The van der Waals surface area contributed by atoms with Crippen molar-refractivity contribution in [3.05, 3.63) is 60.2 Å². The second-order valence-corrected chi connectivity index (χ2v) is 9.62. The maximum atomic E-state index is 10.8. The van der Waals surface area contributed by atoms with Gasteiger partial charge in [-0.25, -0.2) is 4.68 Å². The Balaban J connectivity index is 1.60. The number of aryl methyl sites for hydroxylation is 1. The standard InChI is InChI=1S/C29H39N3O4/c1-4-5-16-35-21-24(33)19-32(18-22-14-15-22)20-27-28(23-10-7-6-8-11-23)30-31(2)29(27)36-26-13-9-12-25(17-26)34-3/h6-13,17,22,24,33H,4-5,14-16,18-21H2,1-3H3. The molecule has 0 bridgehead atoms. The third-order valence-electron chi connectivity index (χ3n) is 6.41. The summed E-state index contributed by atoms with van der Waals surface area (Å²) in [6.45, 7) is 5.29. The summed E-state index contributed by atoms with van der Waals surface area (Å²) in [7, 11) is 3.56. The highest BCUT2D eigenvalue weighted by Gasteiger charge is 2.28. The maximum Gasteiger partial charge on any atom is 0.222 e. The van der Waals surface area contributed by atoms with Gasteiger partial charge in [0.2, 0.25) is 5.88 Å². The van der Waals surface area contributed by atoms with Gasteiger partial charge in [0.05, 0.1) is 25.4 Å². The van der Waals surface area contributed by atoms with E-state index in [0.29, 0.717) is 43.9 Å². The molecule has 1 aliphatic carbocycles. The Morgan fingerprint density at radius 2 is 1.89 bits per heavy atom. The molecule has 1 fully saturated rings. The Kier molecular flexibility index (Phi) is 9.39. The predicted octanol–water partition coefficient (Wildman–Crippen LogP) is 5.28. The Hall–Kier alpha value is -2.87. The molecule has 0 amide bonds. The van der Waals surface area contributed by atoms with Gasteiger partial charge in [0.15, 0.2) is 0 Å². The van der Waals surface area contributed by atoms with Crippen molar-refractivity contribution in [1.82, 2.24) is 14.7 Å². The maximum absolute atomic E-state index is 10.8. The minimum Gasteiger partial charge on any atom is -0.497 e. The van der Waals surface area contributed by atoms with E-state index in [1.807, 2.05) is 49.5 Å². The van der Waals surface area contributed by atoms with Gasteiger partial charge in [-0.1, -0.05) is 49.7 Å². The number of aliphatic hydroxyl groups is 1. The van der Waals surface area contributed by atoms with Crippen molar-refractivity contribution in [2.24, 2.45) is 13.0 Å². The third-order valence-corrected chi connectivity index (χ3v) is 6.41. The minimum absolute atomic E-state index is 0.354. The van der Waals surface area contributed by atoms with Gasteiger partial charge in [0.25, 0.3) is 0 Å². The fraction of sp³-hybridized carbons (Fsp3) is 0.483. The smallest absolute Gasteiger partial charge is 0.222 e. The normalized spacial score (nSPS) is 14.2. The van der Waals surface area contributed by atoms with E-state index in [9.17, 15) is 5.11 Å². The average molecular weight is 494 g/mol. The number of aromatic nitrogens is 2. The Bertz CT molecular complexity index is 1080. The monoisotopic (exact) mass is 493 g/mol. The number of hydrogen-bond donors (Lipinski definition) is 1. The first-order valence-electron chi connectivity index (χ1n) is 13.0. The summed E-state index contributed by atoms with van der Waals surface area (Å²) in [5, 5.41) is 15.6. The topological polar surface area (TPSA) is 69.0 Å². The van der Waals surface area contributed by atoms with Crippen LogP contribution in [0.15, 0.2) is 54.6 Å². The highest BCUT2D eigenvalue weighted by Crippen LogP contribution is 2.36. The first kappa shape index (κ1) is 26.2. The molecule has 1 saturated carbocycles. The molecule has 1 N–H and O–H groups in total. The van der Waals surface area contributed by atoms with Crippen LogP contribution in [0.25, 0.3) is 11.3 Å². The lowest BCUT2D eigenvalue weighted by atomic mass is 10.1. The van der Waals surface area contributed by atoms with E-state index in [-0.39, 0.29) is 0 Å². The zero-order valence-corrected chi connectivity index (χ0v) is 21.7. The van der Waals surface area contributed by atoms with Gasteiger partial charge in [-0.3, -0.25) is 4.90 Å². The molecular weight excluding hydrogens is 454 g/mol. The van der Waals surface area contributed by atoms with E-state index in [1.165, 1.54) is 12.8 Å². The molecule has 1 aromatic heterocycles. The molecule has 1 heterocycles. The van der Waals surface area contributed by atoms with Gasteiger partial charge in [-0.15, -0.1) is 0 Å². The summed E-state index contributed by atoms with van der Waals surface area (Å²) in [4.78, 5) is 2.33. The first-order chi connectivity index (χ1) is 17.6. The van der Waals surface area contributed by atoms with Crippen molar-refractivity contribution in [3.8, 4) is 28.6 Å². The van der Waals surface area contributed by atoms with Gasteiger partial charge in [-0.05, 0) is 37.3 Å². The van der Waals surface area contributed by atoms with Gasteiger partial charge in [-0.2, -0.15) is 5.10 Å². The van der Waals surface area contributed by atoms with Crippen molar-refractivity contribution in [3.63, 3.8) is 0 Å². The fourth-order valence-electron chi connectivity index (χ4n) is 4.34. The van der Waals surface area contributed by atoms with Crippen LogP contribution in [0.2, 0.25) is 0 Å². The van der Waals surface area contributed by atoms with Gasteiger partial charge >= 0.3 is 0 Å². The molecular formula is C29H39N3O4. The number of hydrogen-bond acceptors (Lipinski definition) is 6. The van der Waals surface area contributed by atoms with Gasteiger partial charge < -0.3 is 19.3 Å². The zero-order valence-electron chi connectivity index (χ0n) is 21.7. The molecule has 0 aliphatic heterocycles. The van der Waals surface area contributed by atoms with E-state index < -0.39 is 6.10 Å².